The first-order valence-electron chi connectivity index (χ1n) is 8.63. The van der Waals surface area contributed by atoms with E-state index in [1.54, 1.807) is 12.1 Å². The number of nitrogens with one attached hydrogen (secondary N) is 1. The number of rotatable bonds is 8. The summed E-state index contributed by atoms with van der Waals surface area (Å²) in [4.78, 5) is 25.4. The molecule has 26 heavy (non-hydrogen) atoms. The number of esters is 1. The topological polar surface area (TPSA) is 55.4 Å². The number of hydrogen-bond donors (Lipinski definition) is 1. The second-order valence-corrected chi connectivity index (χ2v) is 8.80. The quantitative estimate of drug-likeness (QED) is 0.530. The van der Waals surface area contributed by atoms with Crippen LogP contribution in [0, 0.1) is 5.92 Å². The minimum atomic E-state index is -1.03. The SMILES string of the molecule is COC(=O)[C@@](CC[Se]c1ccccc1)(NC(=O)c1ccccc1)C(C)C. The molecule has 0 aliphatic rings. The van der Waals surface area contributed by atoms with Crippen LogP contribution < -0.4 is 9.78 Å². The van der Waals surface area contributed by atoms with Gasteiger partial charge in [-0.25, -0.2) is 0 Å². The molecule has 2 rings (SSSR count). The number of carbonyl (C=O) groups excluding carboxylic acids is 2. The molecular weight excluding hydrogens is 393 g/mol. The maximum atomic E-state index is 12.7. The zero-order valence-corrected chi connectivity index (χ0v) is 17.1. The summed E-state index contributed by atoms with van der Waals surface area (Å²) < 4.78 is 6.34. The zero-order chi connectivity index (χ0) is 19.0. The fourth-order valence-corrected chi connectivity index (χ4v) is 4.89. The van der Waals surface area contributed by atoms with E-state index in [9.17, 15) is 9.59 Å². The van der Waals surface area contributed by atoms with Gasteiger partial charge >= 0.3 is 161 Å². The van der Waals surface area contributed by atoms with E-state index in [1.165, 1.54) is 11.6 Å². The predicted molar refractivity (Wildman–Crippen MR) is 105 cm³/mol. The molecule has 0 aliphatic heterocycles. The number of carbonyl (C=O) groups is 2. The fourth-order valence-electron chi connectivity index (χ4n) is 2.78. The van der Waals surface area contributed by atoms with E-state index in [1.807, 2.05) is 50.2 Å². The Morgan fingerprint density at radius 1 is 1.04 bits per heavy atom. The van der Waals surface area contributed by atoms with E-state index in [0.717, 1.165) is 5.32 Å². The van der Waals surface area contributed by atoms with Gasteiger partial charge in [-0.3, -0.25) is 0 Å². The molecule has 138 valence electrons. The third-order valence-electron chi connectivity index (χ3n) is 4.42. The molecule has 0 aromatic heterocycles. The molecule has 0 aliphatic carbocycles. The van der Waals surface area contributed by atoms with Crippen LogP contribution in [0.5, 0.6) is 0 Å². The summed E-state index contributed by atoms with van der Waals surface area (Å²) in [6.07, 6.45) is 0.546. The molecular formula is C21H25NO3Se. The Hall–Kier alpha value is -2.10. The van der Waals surface area contributed by atoms with Crippen molar-refractivity contribution >= 4 is 31.3 Å². The molecule has 0 unspecified atom stereocenters. The molecule has 0 saturated heterocycles. The van der Waals surface area contributed by atoms with Crippen LogP contribution in [0.15, 0.2) is 60.7 Å². The summed E-state index contributed by atoms with van der Waals surface area (Å²) in [5.41, 5.74) is -0.493. The number of methoxy groups -OCH3 is 1. The Morgan fingerprint density at radius 2 is 1.62 bits per heavy atom. The third kappa shape index (κ3) is 4.96. The molecule has 1 amide bonds. The molecule has 0 heterocycles. The molecule has 0 fully saturated rings. The van der Waals surface area contributed by atoms with Gasteiger partial charge in [-0.1, -0.05) is 0 Å². The van der Waals surface area contributed by atoms with Crippen LogP contribution in [0.4, 0.5) is 0 Å². The number of ether oxygens (including phenoxy) is 1. The molecule has 2 aromatic carbocycles. The van der Waals surface area contributed by atoms with Crippen molar-refractivity contribution in [3.63, 3.8) is 0 Å². The summed E-state index contributed by atoms with van der Waals surface area (Å²) in [5.74, 6) is -0.730. The average Bonchev–Trinajstić information content (AvgIpc) is 2.67. The van der Waals surface area contributed by atoms with Crippen LogP contribution in [-0.4, -0.2) is 39.5 Å². The van der Waals surface area contributed by atoms with Crippen molar-refractivity contribution in [3.8, 4) is 0 Å². The molecule has 1 N–H and O–H groups in total. The van der Waals surface area contributed by atoms with Gasteiger partial charge in [0.15, 0.2) is 0 Å². The monoisotopic (exact) mass is 419 g/mol. The molecule has 1 atom stereocenters. The Balaban J connectivity index is 2.18. The van der Waals surface area contributed by atoms with E-state index >= 15 is 0 Å². The summed E-state index contributed by atoms with van der Waals surface area (Å²) in [7, 11) is 1.37. The standard InChI is InChI=1S/C21H25NO3Se/c1-16(2)21(20(24)25-3,14-15-26-18-12-8-5-9-13-18)22-19(23)17-10-6-4-7-11-17/h4-13,16H,14-15H2,1-3H3,(H,22,23)/t21-/m0/s1. The summed E-state index contributed by atoms with van der Waals surface area (Å²) in [6.45, 7) is 3.88. The maximum absolute atomic E-state index is 12.7. The van der Waals surface area contributed by atoms with E-state index < -0.39 is 5.54 Å². The molecule has 0 radical (unpaired) electrons. The fraction of sp³-hybridized carbons (Fsp3) is 0.333. The second-order valence-electron chi connectivity index (χ2n) is 6.35. The van der Waals surface area contributed by atoms with Crippen LogP contribution in [0.2, 0.25) is 5.32 Å². The second kappa shape index (κ2) is 9.56. The van der Waals surface area contributed by atoms with Crippen molar-refractivity contribution in [1.82, 2.24) is 5.32 Å². The van der Waals surface area contributed by atoms with Crippen LogP contribution in [0.3, 0.4) is 0 Å². The normalized spacial score (nSPS) is 13.1. The molecule has 0 bridgehead atoms. The molecule has 0 spiro atoms. The van der Waals surface area contributed by atoms with Gasteiger partial charge in [0.05, 0.1) is 0 Å². The van der Waals surface area contributed by atoms with Gasteiger partial charge in [0.25, 0.3) is 0 Å². The summed E-state index contributed by atoms with van der Waals surface area (Å²) >= 11 is 0.229. The van der Waals surface area contributed by atoms with Crippen LogP contribution in [0.25, 0.3) is 0 Å². The van der Waals surface area contributed by atoms with Crippen molar-refractivity contribution in [2.75, 3.05) is 7.11 Å². The van der Waals surface area contributed by atoms with Crippen molar-refractivity contribution in [1.29, 1.82) is 0 Å². The Kier molecular flexibility index (Phi) is 7.43. The minimum absolute atomic E-state index is 0.0887. The Morgan fingerprint density at radius 3 is 2.15 bits per heavy atom. The van der Waals surface area contributed by atoms with Crippen molar-refractivity contribution in [2.45, 2.75) is 31.1 Å². The molecule has 5 heteroatoms. The van der Waals surface area contributed by atoms with Crippen molar-refractivity contribution in [2.24, 2.45) is 5.92 Å². The zero-order valence-electron chi connectivity index (χ0n) is 15.4. The first-order chi connectivity index (χ1) is 12.5. The van der Waals surface area contributed by atoms with Gasteiger partial charge in [-0.15, -0.1) is 0 Å². The molecule has 0 saturated carbocycles. The van der Waals surface area contributed by atoms with Crippen molar-refractivity contribution < 1.29 is 14.3 Å². The number of amides is 1. The first-order valence-corrected chi connectivity index (χ1v) is 10.7. The van der Waals surface area contributed by atoms with Gasteiger partial charge < -0.3 is 0 Å². The third-order valence-corrected chi connectivity index (χ3v) is 6.54. The van der Waals surface area contributed by atoms with Crippen LogP contribution in [-0.2, 0) is 9.53 Å². The predicted octanol–water partition coefficient (Wildman–Crippen LogP) is 2.82. The average molecular weight is 418 g/mol. The van der Waals surface area contributed by atoms with E-state index in [2.05, 4.69) is 17.4 Å². The van der Waals surface area contributed by atoms with Crippen molar-refractivity contribution in [3.05, 3.63) is 66.2 Å². The number of hydrogen-bond acceptors (Lipinski definition) is 3. The van der Waals surface area contributed by atoms with Gasteiger partial charge in [0.1, 0.15) is 0 Å². The first kappa shape index (κ1) is 20.2. The van der Waals surface area contributed by atoms with Crippen LogP contribution >= 0.6 is 0 Å². The van der Waals surface area contributed by atoms with Gasteiger partial charge in [-0.2, -0.15) is 0 Å². The van der Waals surface area contributed by atoms with Gasteiger partial charge in [0, 0.05) is 0 Å². The van der Waals surface area contributed by atoms with E-state index in [-0.39, 0.29) is 32.8 Å². The van der Waals surface area contributed by atoms with E-state index in [0.29, 0.717) is 12.0 Å². The molecule has 4 nitrogen and oxygen atoms in total. The Bertz CT molecular complexity index is 719. The Labute approximate surface area is 161 Å². The summed E-state index contributed by atoms with van der Waals surface area (Å²) in [6, 6.07) is 19.2. The summed E-state index contributed by atoms with van der Waals surface area (Å²) in [5, 5.41) is 3.81. The number of benzene rings is 2. The molecule has 2 aromatic rings. The van der Waals surface area contributed by atoms with E-state index in [4.69, 9.17) is 4.74 Å². The van der Waals surface area contributed by atoms with Gasteiger partial charge in [0.2, 0.25) is 0 Å². The van der Waals surface area contributed by atoms with Gasteiger partial charge in [-0.05, 0) is 0 Å². The van der Waals surface area contributed by atoms with Crippen LogP contribution in [0.1, 0.15) is 30.6 Å².